The van der Waals surface area contributed by atoms with E-state index in [1.54, 1.807) is 29.2 Å². The van der Waals surface area contributed by atoms with Gasteiger partial charge in [0, 0.05) is 43.1 Å². The average molecular weight is 448 g/mol. The van der Waals surface area contributed by atoms with Crippen molar-refractivity contribution in [1.29, 1.82) is 0 Å². The van der Waals surface area contributed by atoms with Gasteiger partial charge in [0.1, 0.15) is 10.7 Å². The molecule has 2 aromatic rings. The van der Waals surface area contributed by atoms with Gasteiger partial charge in [-0.2, -0.15) is 4.31 Å². The molecule has 0 aliphatic carbocycles. The molecule has 0 spiro atoms. The standard InChI is InChI=1S/C20H21FN4O5S/c21-17-6-1-14(13-18(17)31(28,29)24-9-11-30-12-10-24)19(26)23-15-2-4-16(5-3-15)25-8-7-22-20(25)27/h1-6,13H,7-12H2,(H,22,27)(H,23,26). The van der Waals surface area contributed by atoms with Gasteiger partial charge in [0.05, 0.1) is 13.2 Å². The van der Waals surface area contributed by atoms with Crippen molar-refractivity contribution in [2.24, 2.45) is 0 Å². The third-order valence-electron chi connectivity index (χ3n) is 5.07. The van der Waals surface area contributed by atoms with Crippen molar-refractivity contribution in [3.05, 3.63) is 53.8 Å². The van der Waals surface area contributed by atoms with Crippen LogP contribution in [0.15, 0.2) is 47.4 Å². The number of rotatable bonds is 5. The first kappa shape index (κ1) is 21.2. The van der Waals surface area contributed by atoms with Crippen molar-refractivity contribution >= 4 is 33.3 Å². The molecule has 0 aromatic heterocycles. The molecule has 2 N–H and O–H groups in total. The van der Waals surface area contributed by atoms with E-state index in [4.69, 9.17) is 4.74 Å². The number of urea groups is 1. The molecule has 11 heteroatoms. The Kier molecular flexibility index (Phi) is 5.90. The highest BCUT2D eigenvalue weighted by Gasteiger charge is 2.30. The normalized spacial score (nSPS) is 17.5. The van der Waals surface area contributed by atoms with Gasteiger partial charge < -0.3 is 15.4 Å². The van der Waals surface area contributed by atoms with Crippen LogP contribution in [0.3, 0.4) is 0 Å². The SMILES string of the molecule is O=C(Nc1ccc(N2CCNC2=O)cc1)c1ccc(F)c(S(=O)(=O)N2CCOCC2)c1. The van der Waals surface area contributed by atoms with E-state index in [-0.39, 0.29) is 37.9 Å². The van der Waals surface area contributed by atoms with E-state index in [0.29, 0.717) is 24.5 Å². The van der Waals surface area contributed by atoms with Gasteiger partial charge in [0.15, 0.2) is 0 Å². The van der Waals surface area contributed by atoms with Crippen LogP contribution in [0.4, 0.5) is 20.6 Å². The van der Waals surface area contributed by atoms with E-state index in [9.17, 15) is 22.4 Å². The Balaban J connectivity index is 1.51. The molecule has 4 rings (SSSR count). The quantitative estimate of drug-likeness (QED) is 0.723. The van der Waals surface area contributed by atoms with E-state index >= 15 is 0 Å². The van der Waals surface area contributed by atoms with Crippen LogP contribution in [0, 0.1) is 5.82 Å². The first-order valence-electron chi connectivity index (χ1n) is 9.70. The minimum atomic E-state index is -4.09. The lowest BCUT2D eigenvalue weighted by Gasteiger charge is -2.26. The second-order valence-electron chi connectivity index (χ2n) is 7.05. The highest BCUT2D eigenvalue weighted by molar-refractivity contribution is 7.89. The number of nitrogens with zero attached hydrogens (tertiary/aromatic N) is 2. The van der Waals surface area contributed by atoms with Gasteiger partial charge in [-0.15, -0.1) is 0 Å². The molecule has 2 aliphatic heterocycles. The first-order valence-corrected chi connectivity index (χ1v) is 11.1. The van der Waals surface area contributed by atoms with Crippen LogP contribution in [0.1, 0.15) is 10.4 Å². The van der Waals surface area contributed by atoms with Gasteiger partial charge in [-0.25, -0.2) is 17.6 Å². The van der Waals surface area contributed by atoms with Crippen LogP contribution in [-0.2, 0) is 14.8 Å². The zero-order valence-electron chi connectivity index (χ0n) is 16.5. The molecule has 0 radical (unpaired) electrons. The van der Waals surface area contributed by atoms with Crippen molar-refractivity contribution in [3.63, 3.8) is 0 Å². The monoisotopic (exact) mass is 448 g/mol. The number of benzene rings is 2. The average Bonchev–Trinajstić information content (AvgIpc) is 3.21. The summed E-state index contributed by atoms with van der Waals surface area (Å²) >= 11 is 0. The molecule has 0 saturated carbocycles. The van der Waals surface area contributed by atoms with Gasteiger partial charge in [-0.3, -0.25) is 9.69 Å². The van der Waals surface area contributed by atoms with Crippen molar-refractivity contribution in [2.75, 3.05) is 49.6 Å². The minimum Gasteiger partial charge on any atom is -0.379 e. The van der Waals surface area contributed by atoms with Crippen LogP contribution in [-0.4, -0.2) is 64.1 Å². The molecule has 0 unspecified atom stereocenters. The number of nitrogens with one attached hydrogen (secondary N) is 2. The summed E-state index contributed by atoms with van der Waals surface area (Å²) in [6.45, 7) is 1.84. The summed E-state index contributed by atoms with van der Waals surface area (Å²) in [7, 11) is -4.09. The Hall–Kier alpha value is -3.02. The number of anilines is 2. The predicted molar refractivity (Wildman–Crippen MR) is 111 cm³/mol. The fourth-order valence-electron chi connectivity index (χ4n) is 3.41. The summed E-state index contributed by atoms with van der Waals surface area (Å²) in [6.07, 6.45) is 0. The Morgan fingerprint density at radius 3 is 2.42 bits per heavy atom. The molecule has 0 atom stereocenters. The van der Waals surface area contributed by atoms with E-state index in [0.717, 1.165) is 16.4 Å². The third kappa shape index (κ3) is 4.38. The maximum Gasteiger partial charge on any atom is 0.321 e. The van der Waals surface area contributed by atoms with Gasteiger partial charge in [0.25, 0.3) is 5.91 Å². The lowest BCUT2D eigenvalue weighted by Crippen LogP contribution is -2.41. The van der Waals surface area contributed by atoms with Crippen molar-refractivity contribution in [1.82, 2.24) is 9.62 Å². The fourth-order valence-corrected chi connectivity index (χ4v) is 4.91. The lowest BCUT2D eigenvalue weighted by atomic mass is 10.2. The Morgan fingerprint density at radius 2 is 1.77 bits per heavy atom. The molecular formula is C20H21FN4O5S. The lowest BCUT2D eigenvalue weighted by molar-refractivity contribution is 0.0729. The maximum absolute atomic E-state index is 14.3. The minimum absolute atomic E-state index is 0.0104. The summed E-state index contributed by atoms with van der Waals surface area (Å²) in [5, 5.41) is 5.37. The van der Waals surface area contributed by atoms with Crippen LogP contribution in [0.25, 0.3) is 0 Å². The van der Waals surface area contributed by atoms with E-state index in [1.807, 2.05) is 0 Å². The van der Waals surface area contributed by atoms with Crippen molar-refractivity contribution < 1.29 is 27.1 Å². The Labute approximate surface area is 178 Å². The molecule has 2 aromatic carbocycles. The molecule has 164 valence electrons. The molecule has 2 fully saturated rings. The molecule has 31 heavy (non-hydrogen) atoms. The van der Waals surface area contributed by atoms with E-state index in [1.165, 1.54) is 6.07 Å². The van der Waals surface area contributed by atoms with E-state index < -0.39 is 26.6 Å². The molecule has 9 nitrogen and oxygen atoms in total. The number of amides is 3. The maximum atomic E-state index is 14.3. The van der Waals surface area contributed by atoms with Gasteiger partial charge in [-0.1, -0.05) is 0 Å². The number of hydrogen-bond donors (Lipinski definition) is 2. The number of sulfonamides is 1. The number of carbonyl (C=O) groups excluding carboxylic acids is 2. The molecule has 2 saturated heterocycles. The van der Waals surface area contributed by atoms with Crippen LogP contribution < -0.4 is 15.5 Å². The van der Waals surface area contributed by atoms with Gasteiger partial charge in [0.2, 0.25) is 10.0 Å². The Bertz CT molecular complexity index is 1100. The number of carbonyl (C=O) groups is 2. The summed E-state index contributed by atoms with van der Waals surface area (Å²) in [5.41, 5.74) is 1.15. The van der Waals surface area contributed by atoms with Gasteiger partial charge in [-0.05, 0) is 42.5 Å². The summed E-state index contributed by atoms with van der Waals surface area (Å²) in [6, 6.07) is 9.71. The summed E-state index contributed by atoms with van der Waals surface area (Å²) < 4.78 is 46.2. The summed E-state index contributed by atoms with van der Waals surface area (Å²) in [5.74, 6) is -1.50. The van der Waals surface area contributed by atoms with Crippen LogP contribution >= 0.6 is 0 Å². The fraction of sp³-hybridized carbons (Fsp3) is 0.300. The zero-order chi connectivity index (χ0) is 22.0. The van der Waals surface area contributed by atoms with Crippen LogP contribution in [0.2, 0.25) is 0 Å². The van der Waals surface area contributed by atoms with Crippen molar-refractivity contribution in [3.8, 4) is 0 Å². The number of halogens is 1. The highest BCUT2D eigenvalue weighted by Crippen LogP contribution is 2.23. The second-order valence-corrected chi connectivity index (χ2v) is 8.95. The Morgan fingerprint density at radius 1 is 1.06 bits per heavy atom. The van der Waals surface area contributed by atoms with Crippen molar-refractivity contribution in [2.45, 2.75) is 4.90 Å². The molecule has 0 bridgehead atoms. The molecule has 2 aliphatic rings. The molecule has 2 heterocycles. The predicted octanol–water partition coefficient (Wildman–Crippen LogP) is 1.63. The molecular weight excluding hydrogens is 427 g/mol. The summed E-state index contributed by atoms with van der Waals surface area (Å²) in [4.78, 5) is 25.4. The topological polar surface area (TPSA) is 108 Å². The largest absolute Gasteiger partial charge is 0.379 e. The van der Waals surface area contributed by atoms with E-state index in [2.05, 4.69) is 10.6 Å². The molecule has 3 amide bonds. The smallest absolute Gasteiger partial charge is 0.321 e. The third-order valence-corrected chi connectivity index (χ3v) is 6.99. The van der Waals surface area contributed by atoms with Crippen LogP contribution in [0.5, 0.6) is 0 Å². The number of hydrogen-bond acceptors (Lipinski definition) is 5. The zero-order valence-corrected chi connectivity index (χ0v) is 17.3. The number of ether oxygens (including phenoxy) is 1. The van der Waals surface area contributed by atoms with Gasteiger partial charge >= 0.3 is 6.03 Å². The second kappa shape index (κ2) is 8.61. The number of morpholine rings is 1. The first-order chi connectivity index (χ1) is 14.9. The highest BCUT2D eigenvalue weighted by atomic mass is 32.2.